The Bertz CT molecular complexity index is 1190. The van der Waals surface area contributed by atoms with E-state index in [0.29, 0.717) is 22.2 Å². The van der Waals surface area contributed by atoms with Crippen LogP contribution < -0.4 is 16.6 Å². The summed E-state index contributed by atoms with van der Waals surface area (Å²) in [6, 6.07) is 12.9. The molecule has 3 rings (SSSR count). The maximum atomic E-state index is 13.2. The molecule has 0 spiro atoms. The molecule has 0 radical (unpaired) electrons. The van der Waals surface area contributed by atoms with Gasteiger partial charge >= 0.3 is 5.69 Å². The second-order valence-electron chi connectivity index (χ2n) is 7.01. The smallest absolute Gasteiger partial charge is 0.336 e. The van der Waals surface area contributed by atoms with Crippen molar-refractivity contribution in [1.29, 1.82) is 0 Å². The first-order valence-electron chi connectivity index (χ1n) is 9.48. The number of nitrogens with zero attached hydrogens (tertiary/aromatic N) is 2. The third-order valence-corrected chi connectivity index (χ3v) is 4.90. The fraction of sp³-hybridized carbons (Fsp3) is 0.273. The first-order valence-corrected chi connectivity index (χ1v) is 9.48. The number of benzene rings is 2. The van der Waals surface area contributed by atoms with Gasteiger partial charge in [-0.25, -0.2) is 9.36 Å². The Kier molecular flexibility index (Phi) is 5.77. The van der Waals surface area contributed by atoms with Gasteiger partial charge in [-0.2, -0.15) is 0 Å². The summed E-state index contributed by atoms with van der Waals surface area (Å²) in [4.78, 5) is 50.2. The number of nitrogens with one attached hydrogen (secondary N) is 1. The van der Waals surface area contributed by atoms with E-state index in [1.807, 2.05) is 13.8 Å². The van der Waals surface area contributed by atoms with Gasteiger partial charge in [0.2, 0.25) is 5.91 Å². The summed E-state index contributed by atoms with van der Waals surface area (Å²) >= 11 is 0. The maximum absolute atomic E-state index is 13.2. The molecule has 0 bridgehead atoms. The second-order valence-corrected chi connectivity index (χ2v) is 7.01. The molecule has 0 aliphatic rings. The molecule has 0 aliphatic carbocycles. The average Bonchev–Trinajstić information content (AvgIpc) is 2.71. The van der Waals surface area contributed by atoms with Crippen molar-refractivity contribution >= 4 is 22.6 Å². The molecule has 1 aromatic heterocycles. The topological polar surface area (TPSA) is 90.2 Å². The van der Waals surface area contributed by atoms with E-state index >= 15 is 0 Å². The van der Waals surface area contributed by atoms with Gasteiger partial charge in [-0.1, -0.05) is 19.1 Å². The molecule has 1 heterocycles. The van der Waals surface area contributed by atoms with Crippen molar-refractivity contribution < 1.29 is 9.59 Å². The molecule has 29 heavy (non-hydrogen) atoms. The Hall–Kier alpha value is -3.48. The van der Waals surface area contributed by atoms with E-state index in [4.69, 9.17) is 0 Å². The van der Waals surface area contributed by atoms with Crippen LogP contribution in [0.1, 0.15) is 37.6 Å². The molecule has 1 N–H and O–H groups in total. The first kappa shape index (κ1) is 20.3. The lowest BCUT2D eigenvalue weighted by Gasteiger charge is -2.16. The summed E-state index contributed by atoms with van der Waals surface area (Å²) in [5.41, 5.74) is 0.143. The van der Waals surface area contributed by atoms with E-state index in [-0.39, 0.29) is 24.3 Å². The van der Waals surface area contributed by atoms with Crippen LogP contribution in [0, 0.1) is 0 Å². The molecule has 7 nitrogen and oxygen atoms in total. The lowest BCUT2D eigenvalue weighted by Crippen LogP contribution is -2.43. The van der Waals surface area contributed by atoms with E-state index in [1.54, 1.807) is 48.5 Å². The SMILES string of the molecule is CC[C@@H](C)NC(=O)Cn1c(=O)n(-c2ccc(C(C)=O)cc2)c(=O)c2ccccc21. The van der Waals surface area contributed by atoms with Crippen LogP contribution in [-0.2, 0) is 11.3 Å². The minimum Gasteiger partial charge on any atom is -0.352 e. The highest BCUT2D eigenvalue weighted by molar-refractivity contribution is 5.94. The van der Waals surface area contributed by atoms with Crippen LogP contribution in [0.25, 0.3) is 16.6 Å². The van der Waals surface area contributed by atoms with E-state index in [0.717, 1.165) is 11.0 Å². The molecule has 1 amide bonds. The van der Waals surface area contributed by atoms with Gasteiger partial charge in [0, 0.05) is 11.6 Å². The number of ketones is 1. The third kappa shape index (κ3) is 4.03. The first-order chi connectivity index (χ1) is 13.8. The van der Waals surface area contributed by atoms with Gasteiger partial charge in [-0.3, -0.25) is 19.0 Å². The number of para-hydroxylation sites is 1. The Morgan fingerprint density at radius 1 is 1.03 bits per heavy atom. The highest BCUT2D eigenvalue weighted by Gasteiger charge is 2.17. The lowest BCUT2D eigenvalue weighted by molar-refractivity contribution is -0.122. The van der Waals surface area contributed by atoms with Gasteiger partial charge < -0.3 is 5.32 Å². The number of amides is 1. The van der Waals surface area contributed by atoms with Crippen molar-refractivity contribution in [1.82, 2.24) is 14.5 Å². The number of hydrogen-bond acceptors (Lipinski definition) is 4. The van der Waals surface area contributed by atoms with Crippen molar-refractivity contribution in [2.75, 3.05) is 0 Å². The molecule has 2 aromatic carbocycles. The molecule has 7 heteroatoms. The fourth-order valence-electron chi connectivity index (χ4n) is 3.11. The minimum absolute atomic E-state index is 0.0190. The summed E-state index contributed by atoms with van der Waals surface area (Å²) in [7, 11) is 0. The number of fused-ring (bicyclic) bond motifs is 1. The molecular weight excluding hydrogens is 370 g/mol. The molecule has 150 valence electrons. The third-order valence-electron chi connectivity index (χ3n) is 4.90. The van der Waals surface area contributed by atoms with Crippen LogP contribution in [0.2, 0.25) is 0 Å². The van der Waals surface area contributed by atoms with E-state index < -0.39 is 11.2 Å². The summed E-state index contributed by atoms with van der Waals surface area (Å²) in [5.74, 6) is -0.412. The monoisotopic (exact) mass is 393 g/mol. The zero-order chi connectivity index (χ0) is 21.1. The van der Waals surface area contributed by atoms with Gasteiger partial charge in [0.1, 0.15) is 6.54 Å². The minimum atomic E-state index is -0.608. The number of rotatable bonds is 6. The summed E-state index contributed by atoms with van der Waals surface area (Å²) < 4.78 is 2.33. The molecule has 1 atom stereocenters. The Balaban J connectivity index is 2.19. The molecular formula is C22H23N3O4. The Morgan fingerprint density at radius 3 is 2.31 bits per heavy atom. The number of Topliss-reactive ketones (excluding diaryl/α,β-unsaturated/α-hetero) is 1. The van der Waals surface area contributed by atoms with Gasteiger partial charge in [0.05, 0.1) is 16.6 Å². The predicted octanol–water partition coefficient (Wildman–Crippen LogP) is 2.27. The highest BCUT2D eigenvalue weighted by atomic mass is 16.2. The quantitative estimate of drug-likeness (QED) is 0.651. The molecule has 0 saturated heterocycles. The summed E-state index contributed by atoms with van der Waals surface area (Å²) in [6.45, 7) is 5.09. The maximum Gasteiger partial charge on any atom is 0.336 e. The highest BCUT2D eigenvalue weighted by Crippen LogP contribution is 2.11. The van der Waals surface area contributed by atoms with E-state index in [1.165, 1.54) is 11.5 Å². The molecule has 0 unspecified atom stereocenters. The summed E-state index contributed by atoms with van der Waals surface area (Å²) in [6.07, 6.45) is 0.767. The zero-order valence-electron chi connectivity index (χ0n) is 16.6. The molecule has 0 aliphatic heterocycles. The molecule has 3 aromatic rings. The fourth-order valence-corrected chi connectivity index (χ4v) is 3.11. The van der Waals surface area contributed by atoms with Gasteiger partial charge in [-0.05, 0) is 56.7 Å². The standard InChI is InChI=1S/C22H23N3O4/c1-4-14(2)23-20(27)13-24-19-8-6-5-7-18(19)21(28)25(22(24)29)17-11-9-16(10-12-17)15(3)26/h5-12,14H,4,13H2,1-3H3,(H,23,27)/t14-/m1/s1. The van der Waals surface area contributed by atoms with Crippen LogP contribution >= 0.6 is 0 Å². The van der Waals surface area contributed by atoms with Crippen LogP contribution in [0.5, 0.6) is 0 Å². The van der Waals surface area contributed by atoms with Crippen molar-refractivity contribution in [3.63, 3.8) is 0 Å². The number of carbonyl (C=O) groups is 2. The van der Waals surface area contributed by atoms with Crippen LogP contribution in [0.15, 0.2) is 58.1 Å². The molecule has 0 saturated carbocycles. The second kappa shape index (κ2) is 8.26. The van der Waals surface area contributed by atoms with Crippen molar-refractivity contribution in [3.05, 3.63) is 74.9 Å². The normalized spacial score (nSPS) is 12.0. The van der Waals surface area contributed by atoms with Gasteiger partial charge in [0.15, 0.2) is 5.78 Å². The molecule has 0 fully saturated rings. The van der Waals surface area contributed by atoms with Crippen LogP contribution in [-0.4, -0.2) is 26.9 Å². The van der Waals surface area contributed by atoms with Crippen molar-refractivity contribution in [3.8, 4) is 5.69 Å². The van der Waals surface area contributed by atoms with Crippen molar-refractivity contribution in [2.24, 2.45) is 0 Å². The average molecular weight is 393 g/mol. The predicted molar refractivity (Wildman–Crippen MR) is 112 cm³/mol. The Morgan fingerprint density at radius 2 is 1.69 bits per heavy atom. The zero-order valence-corrected chi connectivity index (χ0v) is 16.6. The van der Waals surface area contributed by atoms with Gasteiger partial charge in [0.25, 0.3) is 5.56 Å². The largest absolute Gasteiger partial charge is 0.352 e. The van der Waals surface area contributed by atoms with Crippen LogP contribution in [0.4, 0.5) is 0 Å². The summed E-state index contributed by atoms with van der Waals surface area (Å²) in [5, 5.41) is 3.17. The number of hydrogen-bond donors (Lipinski definition) is 1. The Labute approximate surface area is 167 Å². The van der Waals surface area contributed by atoms with Crippen molar-refractivity contribution in [2.45, 2.75) is 39.8 Å². The van der Waals surface area contributed by atoms with Gasteiger partial charge in [-0.15, -0.1) is 0 Å². The lowest BCUT2D eigenvalue weighted by atomic mass is 10.1. The number of aromatic nitrogens is 2. The van der Waals surface area contributed by atoms with Crippen LogP contribution in [0.3, 0.4) is 0 Å². The van der Waals surface area contributed by atoms with E-state index in [2.05, 4.69) is 5.32 Å². The number of carbonyl (C=O) groups excluding carboxylic acids is 2. The van der Waals surface area contributed by atoms with E-state index in [9.17, 15) is 19.2 Å².